The minimum absolute atomic E-state index is 0.0160. The van der Waals surface area contributed by atoms with Gasteiger partial charge in [-0.1, -0.05) is 17.7 Å². The number of alkyl halides is 3. The zero-order chi connectivity index (χ0) is 27.4. The van der Waals surface area contributed by atoms with Crippen LogP contribution in [0.5, 0.6) is 0 Å². The molecule has 0 amide bonds. The molecule has 0 N–H and O–H groups in total. The predicted molar refractivity (Wildman–Crippen MR) is 131 cm³/mol. The Morgan fingerprint density at radius 2 is 1.84 bits per heavy atom. The van der Waals surface area contributed by atoms with Crippen LogP contribution in [0.4, 0.5) is 18.9 Å². The van der Waals surface area contributed by atoms with Crippen molar-refractivity contribution in [2.24, 2.45) is 0 Å². The largest absolute Gasteiger partial charge is 0.462 e. The molecule has 0 fully saturated rings. The van der Waals surface area contributed by atoms with Gasteiger partial charge in [-0.25, -0.2) is 4.79 Å². The summed E-state index contributed by atoms with van der Waals surface area (Å²) in [6.45, 7) is 5.65. The standard InChI is InChI=1S/C21H15ClF3N3O4.C4H10O/c22-18-11-14(21(23,24)25)4-5-16(18)13-3-6-19(28(30)31)17(10-13)20(29)32-9-1-2-15-12-26-7-8-27-15;1-3-5-4-2/h3-8,10-12H,1-2,9H2;3-4H2,1-2H3. The molecule has 12 heteroatoms. The Morgan fingerprint density at radius 3 is 2.38 bits per heavy atom. The molecule has 1 aromatic heterocycles. The highest BCUT2D eigenvalue weighted by atomic mass is 35.5. The molecule has 0 aliphatic carbocycles. The molecule has 0 atom stereocenters. The van der Waals surface area contributed by atoms with Gasteiger partial charge in [0.05, 0.1) is 22.8 Å². The van der Waals surface area contributed by atoms with Crippen molar-refractivity contribution >= 4 is 23.3 Å². The fourth-order valence-corrected chi connectivity index (χ4v) is 3.40. The van der Waals surface area contributed by atoms with Crippen LogP contribution in [-0.4, -0.2) is 40.7 Å². The summed E-state index contributed by atoms with van der Waals surface area (Å²) in [4.78, 5) is 31.1. The van der Waals surface area contributed by atoms with Gasteiger partial charge in [0.2, 0.25) is 0 Å². The van der Waals surface area contributed by atoms with Gasteiger partial charge in [0.15, 0.2) is 0 Å². The molecule has 0 bridgehead atoms. The Balaban J connectivity index is 0.000000877. The van der Waals surface area contributed by atoms with E-state index in [9.17, 15) is 28.1 Å². The van der Waals surface area contributed by atoms with Crippen molar-refractivity contribution in [2.45, 2.75) is 32.9 Å². The lowest BCUT2D eigenvalue weighted by atomic mass is 10.0. The number of benzene rings is 2. The lowest BCUT2D eigenvalue weighted by Gasteiger charge is -2.11. The van der Waals surface area contributed by atoms with Gasteiger partial charge in [0.1, 0.15) is 5.56 Å². The first-order chi connectivity index (χ1) is 17.6. The van der Waals surface area contributed by atoms with Gasteiger partial charge in [-0.3, -0.25) is 20.1 Å². The Labute approximate surface area is 216 Å². The second-order valence-electron chi connectivity index (χ2n) is 7.40. The monoisotopic (exact) mass is 539 g/mol. The molecular formula is C25H25ClF3N3O5. The summed E-state index contributed by atoms with van der Waals surface area (Å²) in [5.41, 5.74) is -0.629. The number of rotatable bonds is 9. The zero-order valence-corrected chi connectivity index (χ0v) is 20.9. The maximum absolute atomic E-state index is 12.9. The number of esters is 1. The first-order valence-corrected chi connectivity index (χ1v) is 11.6. The van der Waals surface area contributed by atoms with E-state index in [1.165, 1.54) is 24.5 Å². The smallest absolute Gasteiger partial charge is 0.416 e. The number of hydrogen-bond acceptors (Lipinski definition) is 7. The molecule has 0 saturated carbocycles. The molecule has 3 aromatic rings. The van der Waals surface area contributed by atoms with Crippen LogP contribution >= 0.6 is 11.6 Å². The van der Waals surface area contributed by atoms with Crippen LogP contribution in [0.2, 0.25) is 5.02 Å². The summed E-state index contributed by atoms with van der Waals surface area (Å²) in [5, 5.41) is 11.1. The Morgan fingerprint density at radius 1 is 1.11 bits per heavy atom. The van der Waals surface area contributed by atoms with Gasteiger partial charge in [0, 0.05) is 48.5 Å². The Bertz CT molecular complexity index is 1190. The van der Waals surface area contributed by atoms with Crippen LogP contribution in [0.3, 0.4) is 0 Å². The molecule has 8 nitrogen and oxygen atoms in total. The van der Waals surface area contributed by atoms with E-state index >= 15 is 0 Å². The van der Waals surface area contributed by atoms with Crippen LogP contribution in [-0.2, 0) is 22.1 Å². The molecule has 0 saturated heterocycles. The molecule has 0 aliphatic heterocycles. The normalized spacial score (nSPS) is 10.9. The van der Waals surface area contributed by atoms with Crippen molar-refractivity contribution in [1.82, 2.24) is 9.97 Å². The maximum Gasteiger partial charge on any atom is 0.416 e. The van der Waals surface area contributed by atoms with E-state index in [2.05, 4.69) is 9.97 Å². The van der Waals surface area contributed by atoms with Crippen LogP contribution in [0.15, 0.2) is 55.0 Å². The van der Waals surface area contributed by atoms with Gasteiger partial charge in [-0.2, -0.15) is 13.2 Å². The summed E-state index contributed by atoms with van der Waals surface area (Å²) in [5.74, 6) is -0.930. The number of ether oxygens (including phenoxy) is 2. The highest BCUT2D eigenvalue weighted by Gasteiger charge is 2.31. The average molecular weight is 540 g/mol. The second-order valence-corrected chi connectivity index (χ2v) is 7.81. The third-order valence-corrected chi connectivity index (χ3v) is 5.17. The summed E-state index contributed by atoms with van der Waals surface area (Å²) in [6.07, 6.45) is 0.968. The predicted octanol–water partition coefficient (Wildman–Crippen LogP) is 6.56. The van der Waals surface area contributed by atoms with Gasteiger partial charge in [-0.05, 0) is 56.5 Å². The van der Waals surface area contributed by atoms with Crippen molar-refractivity contribution in [3.63, 3.8) is 0 Å². The van der Waals surface area contributed by atoms with Gasteiger partial charge in [0.25, 0.3) is 5.69 Å². The number of carbonyl (C=O) groups is 1. The molecule has 0 unspecified atom stereocenters. The van der Waals surface area contributed by atoms with Crippen LogP contribution in [0, 0.1) is 10.1 Å². The van der Waals surface area contributed by atoms with Crippen molar-refractivity contribution in [2.75, 3.05) is 19.8 Å². The lowest BCUT2D eigenvalue weighted by molar-refractivity contribution is -0.385. The second kappa shape index (κ2) is 14.2. The quantitative estimate of drug-likeness (QED) is 0.131. The van der Waals surface area contributed by atoms with E-state index < -0.39 is 28.3 Å². The first kappa shape index (κ1) is 29.7. The van der Waals surface area contributed by atoms with Crippen LogP contribution in [0.1, 0.15) is 41.9 Å². The number of hydrogen-bond donors (Lipinski definition) is 0. The molecule has 3 rings (SSSR count). The molecule has 0 radical (unpaired) electrons. The van der Waals surface area contributed by atoms with E-state index in [4.69, 9.17) is 21.1 Å². The van der Waals surface area contributed by atoms with Crippen LogP contribution < -0.4 is 0 Å². The van der Waals surface area contributed by atoms with E-state index in [1.807, 2.05) is 13.8 Å². The summed E-state index contributed by atoms with van der Waals surface area (Å²) in [6, 6.07) is 6.30. The van der Waals surface area contributed by atoms with Crippen molar-refractivity contribution in [1.29, 1.82) is 0 Å². The minimum atomic E-state index is -4.57. The molecule has 1 heterocycles. The zero-order valence-electron chi connectivity index (χ0n) is 20.1. The fraction of sp³-hybridized carbons (Fsp3) is 0.320. The molecule has 0 spiro atoms. The summed E-state index contributed by atoms with van der Waals surface area (Å²) in [7, 11) is 0. The van der Waals surface area contributed by atoms with E-state index in [-0.39, 0.29) is 28.3 Å². The number of carbonyl (C=O) groups excluding carboxylic acids is 1. The van der Waals surface area contributed by atoms with Crippen LogP contribution in [0.25, 0.3) is 11.1 Å². The van der Waals surface area contributed by atoms with Gasteiger partial charge < -0.3 is 9.47 Å². The van der Waals surface area contributed by atoms with Crippen molar-refractivity contribution < 1.29 is 32.4 Å². The topological polar surface area (TPSA) is 104 Å². The number of halogens is 4. The maximum atomic E-state index is 12.9. The van der Waals surface area contributed by atoms with Gasteiger partial charge >= 0.3 is 12.1 Å². The molecule has 198 valence electrons. The summed E-state index contributed by atoms with van der Waals surface area (Å²) >= 11 is 6.00. The molecule has 2 aromatic carbocycles. The van der Waals surface area contributed by atoms with E-state index in [1.54, 1.807) is 6.20 Å². The number of aryl methyl sites for hydroxylation is 1. The number of aromatic nitrogens is 2. The average Bonchev–Trinajstić information content (AvgIpc) is 2.87. The van der Waals surface area contributed by atoms with Gasteiger partial charge in [-0.15, -0.1) is 0 Å². The van der Waals surface area contributed by atoms with Crippen molar-refractivity contribution in [3.05, 3.63) is 86.9 Å². The Kier molecular flexibility index (Phi) is 11.4. The molecular weight excluding hydrogens is 515 g/mol. The molecule has 37 heavy (non-hydrogen) atoms. The number of nitrogens with zero attached hydrogens (tertiary/aromatic N) is 3. The SMILES string of the molecule is CCOCC.O=C(OCCCc1cnccn1)c1cc(-c2ccc(C(F)(F)F)cc2Cl)ccc1[N+](=O)[O-]. The third-order valence-electron chi connectivity index (χ3n) is 4.86. The minimum Gasteiger partial charge on any atom is -0.462 e. The number of nitro benzene ring substituents is 1. The van der Waals surface area contributed by atoms with Crippen molar-refractivity contribution in [3.8, 4) is 11.1 Å². The fourth-order valence-electron chi connectivity index (χ4n) is 3.11. The van der Waals surface area contributed by atoms with E-state index in [0.29, 0.717) is 18.5 Å². The highest BCUT2D eigenvalue weighted by Crippen LogP contribution is 2.36. The lowest BCUT2D eigenvalue weighted by Crippen LogP contribution is -2.10. The highest BCUT2D eigenvalue weighted by molar-refractivity contribution is 6.33. The Hall–Kier alpha value is -3.57. The molecule has 0 aliphatic rings. The number of nitro groups is 1. The third kappa shape index (κ3) is 9.10. The summed E-state index contributed by atoms with van der Waals surface area (Å²) < 4.78 is 48.6. The first-order valence-electron chi connectivity index (χ1n) is 11.2. The van der Waals surface area contributed by atoms with E-state index in [0.717, 1.165) is 37.5 Å².